The van der Waals surface area contributed by atoms with E-state index in [-0.39, 0.29) is 17.7 Å². The van der Waals surface area contributed by atoms with E-state index < -0.39 is 5.41 Å². The molecule has 6 heteroatoms. The van der Waals surface area contributed by atoms with Crippen LogP contribution in [0, 0.1) is 0 Å². The summed E-state index contributed by atoms with van der Waals surface area (Å²) in [6.45, 7) is 1.94. The number of aromatic nitrogens is 1. The van der Waals surface area contributed by atoms with E-state index in [0.29, 0.717) is 30.6 Å². The van der Waals surface area contributed by atoms with Crippen molar-refractivity contribution in [3.8, 4) is 0 Å². The lowest BCUT2D eigenvalue weighted by Gasteiger charge is -2.35. The van der Waals surface area contributed by atoms with E-state index in [9.17, 15) is 14.4 Å². The highest BCUT2D eigenvalue weighted by Gasteiger charge is 2.42. The van der Waals surface area contributed by atoms with E-state index in [1.54, 1.807) is 18.2 Å². The minimum absolute atomic E-state index is 0.231. The Balaban J connectivity index is 1.53. The van der Waals surface area contributed by atoms with Crippen LogP contribution in [0.1, 0.15) is 42.2 Å². The van der Waals surface area contributed by atoms with E-state index in [1.165, 1.54) is 0 Å². The fourth-order valence-electron chi connectivity index (χ4n) is 3.83. The Morgan fingerprint density at radius 1 is 1.07 bits per heavy atom. The van der Waals surface area contributed by atoms with Gasteiger partial charge in [0, 0.05) is 17.5 Å². The Morgan fingerprint density at radius 3 is 2.55 bits per heavy atom. The zero-order chi connectivity index (χ0) is 20.4. The Bertz CT molecular complexity index is 1110. The maximum Gasteiger partial charge on any atom is 0.274 e. The summed E-state index contributed by atoms with van der Waals surface area (Å²) >= 11 is 0. The van der Waals surface area contributed by atoms with Gasteiger partial charge in [-0.2, -0.15) is 0 Å². The number of anilines is 1. The van der Waals surface area contributed by atoms with Gasteiger partial charge in [0.2, 0.25) is 11.8 Å². The Hall–Kier alpha value is -3.54. The van der Waals surface area contributed by atoms with Crippen molar-refractivity contribution >= 4 is 34.3 Å². The molecule has 2 N–H and O–H groups in total. The molecule has 4 rings (SSSR count). The molecule has 1 atom stereocenters. The maximum atomic E-state index is 12.6. The van der Waals surface area contributed by atoms with Gasteiger partial charge in [-0.05, 0) is 42.7 Å². The van der Waals surface area contributed by atoms with Crippen LogP contribution in [-0.4, -0.2) is 22.7 Å². The quantitative estimate of drug-likeness (QED) is 0.670. The third-order valence-corrected chi connectivity index (χ3v) is 5.60. The second-order valence-corrected chi connectivity index (χ2v) is 7.23. The summed E-state index contributed by atoms with van der Waals surface area (Å²) in [5, 5.41) is 6.27. The summed E-state index contributed by atoms with van der Waals surface area (Å²) in [6, 6.07) is 18.4. The molecule has 29 heavy (non-hydrogen) atoms. The Kier molecular flexibility index (Phi) is 4.84. The molecule has 1 aliphatic rings. The zero-order valence-electron chi connectivity index (χ0n) is 16.1. The third-order valence-electron chi connectivity index (χ3n) is 5.60. The summed E-state index contributed by atoms with van der Waals surface area (Å²) in [5.74, 6) is -0.783. The SMILES string of the molecule is CCC1(c2ccc(NC(=O)c3ccc4ccccc4n3)cc2)CCC(=O)NC1=O. The molecular weight excluding hydrogens is 366 g/mol. The fraction of sp³-hybridized carbons (Fsp3) is 0.217. The van der Waals surface area contributed by atoms with E-state index in [4.69, 9.17) is 0 Å². The van der Waals surface area contributed by atoms with Crippen LogP contribution in [0.3, 0.4) is 0 Å². The van der Waals surface area contributed by atoms with Crippen molar-refractivity contribution in [1.29, 1.82) is 0 Å². The maximum absolute atomic E-state index is 12.6. The topological polar surface area (TPSA) is 88.2 Å². The van der Waals surface area contributed by atoms with Gasteiger partial charge in [-0.3, -0.25) is 19.7 Å². The molecule has 6 nitrogen and oxygen atoms in total. The molecule has 2 aromatic carbocycles. The van der Waals surface area contributed by atoms with Gasteiger partial charge in [-0.15, -0.1) is 0 Å². The number of carbonyl (C=O) groups excluding carboxylic acids is 3. The standard InChI is InChI=1S/C23H21N3O3/c1-2-23(14-13-20(27)26-22(23)29)16-8-10-17(11-9-16)24-21(28)19-12-7-15-5-3-4-6-18(15)25-19/h3-12H,2,13-14H2,1H3,(H,24,28)(H,26,27,29). The van der Waals surface area contributed by atoms with Gasteiger partial charge in [0.1, 0.15) is 5.69 Å². The lowest BCUT2D eigenvalue weighted by atomic mass is 9.72. The first-order chi connectivity index (χ1) is 14.0. The first kappa shape index (κ1) is 18.8. The molecule has 0 aliphatic carbocycles. The first-order valence-corrected chi connectivity index (χ1v) is 9.64. The van der Waals surface area contributed by atoms with Gasteiger partial charge >= 0.3 is 0 Å². The van der Waals surface area contributed by atoms with Crippen LogP contribution in [0.4, 0.5) is 5.69 Å². The molecule has 1 aliphatic heterocycles. The number of hydrogen-bond acceptors (Lipinski definition) is 4. The van der Waals surface area contributed by atoms with Crippen LogP contribution in [0.2, 0.25) is 0 Å². The summed E-state index contributed by atoms with van der Waals surface area (Å²) in [6.07, 6.45) is 1.41. The third kappa shape index (κ3) is 3.49. The van der Waals surface area contributed by atoms with E-state index >= 15 is 0 Å². The number of fused-ring (bicyclic) bond motifs is 1. The van der Waals surface area contributed by atoms with Gasteiger partial charge < -0.3 is 5.32 Å². The van der Waals surface area contributed by atoms with E-state index in [0.717, 1.165) is 16.5 Å². The van der Waals surface area contributed by atoms with Crippen molar-refractivity contribution in [2.75, 3.05) is 5.32 Å². The molecule has 2 heterocycles. The molecule has 0 bridgehead atoms. The van der Waals surface area contributed by atoms with Crippen LogP contribution in [0.5, 0.6) is 0 Å². The number of imide groups is 1. The predicted octanol–water partition coefficient (Wildman–Crippen LogP) is 3.57. The minimum Gasteiger partial charge on any atom is -0.321 e. The lowest BCUT2D eigenvalue weighted by Crippen LogP contribution is -2.51. The molecule has 0 spiro atoms. The number of piperidine rings is 1. The van der Waals surface area contributed by atoms with Gasteiger partial charge in [0.25, 0.3) is 5.91 Å². The molecule has 1 aromatic heterocycles. The van der Waals surface area contributed by atoms with Crippen molar-refractivity contribution < 1.29 is 14.4 Å². The van der Waals surface area contributed by atoms with Crippen molar-refractivity contribution in [1.82, 2.24) is 10.3 Å². The summed E-state index contributed by atoms with van der Waals surface area (Å²) < 4.78 is 0. The zero-order valence-corrected chi connectivity index (χ0v) is 16.1. The number of pyridine rings is 1. The number of para-hydroxylation sites is 1. The molecule has 1 saturated heterocycles. The van der Waals surface area contributed by atoms with Crippen molar-refractivity contribution in [2.45, 2.75) is 31.6 Å². The Labute approximate surface area is 168 Å². The van der Waals surface area contributed by atoms with Crippen LogP contribution in [-0.2, 0) is 15.0 Å². The molecule has 0 radical (unpaired) electrons. The van der Waals surface area contributed by atoms with Gasteiger partial charge in [0.05, 0.1) is 10.9 Å². The lowest BCUT2D eigenvalue weighted by molar-refractivity contribution is -0.138. The number of nitrogens with zero attached hydrogens (tertiary/aromatic N) is 1. The average molecular weight is 387 g/mol. The smallest absolute Gasteiger partial charge is 0.274 e. The molecule has 3 aromatic rings. The van der Waals surface area contributed by atoms with Crippen molar-refractivity contribution in [2.24, 2.45) is 0 Å². The normalized spacial score (nSPS) is 19.1. The monoisotopic (exact) mass is 387 g/mol. The van der Waals surface area contributed by atoms with Crippen LogP contribution < -0.4 is 10.6 Å². The highest BCUT2D eigenvalue weighted by molar-refractivity contribution is 6.05. The van der Waals surface area contributed by atoms with Gasteiger partial charge in [0.15, 0.2) is 0 Å². The van der Waals surface area contributed by atoms with Crippen molar-refractivity contribution in [3.05, 3.63) is 71.9 Å². The largest absolute Gasteiger partial charge is 0.321 e. The predicted molar refractivity (Wildman–Crippen MR) is 110 cm³/mol. The number of hydrogen-bond donors (Lipinski definition) is 2. The van der Waals surface area contributed by atoms with Crippen LogP contribution in [0.15, 0.2) is 60.7 Å². The van der Waals surface area contributed by atoms with Gasteiger partial charge in [-0.25, -0.2) is 4.98 Å². The fourth-order valence-corrected chi connectivity index (χ4v) is 3.83. The molecular formula is C23H21N3O3. The highest BCUT2D eigenvalue weighted by atomic mass is 16.2. The Morgan fingerprint density at radius 2 is 1.83 bits per heavy atom. The molecule has 146 valence electrons. The number of amides is 3. The van der Waals surface area contributed by atoms with Gasteiger partial charge in [-0.1, -0.05) is 43.3 Å². The van der Waals surface area contributed by atoms with E-state index in [1.807, 2.05) is 49.4 Å². The van der Waals surface area contributed by atoms with E-state index in [2.05, 4.69) is 15.6 Å². The number of carbonyl (C=O) groups is 3. The summed E-state index contributed by atoms with van der Waals surface area (Å²) in [4.78, 5) is 41.0. The molecule has 1 unspecified atom stereocenters. The van der Waals surface area contributed by atoms with Crippen LogP contribution >= 0.6 is 0 Å². The summed E-state index contributed by atoms with van der Waals surface area (Å²) in [7, 11) is 0. The second-order valence-electron chi connectivity index (χ2n) is 7.23. The first-order valence-electron chi connectivity index (χ1n) is 9.64. The minimum atomic E-state index is -0.712. The number of benzene rings is 2. The average Bonchev–Trinajstić information content (AvgIpc) is 2.74. The summed E-state index contributed by atoms with van der Waals surface area (Å²) in [5.41, 5.74) is 1.84. The molecule has 3 amide bonds. The number of rotatable bonds is 4. The van der Waals surface area contributed by atoms with Crippen molar-refractivity contribution in [3.63, 3.8) is 0 Å². The number of nitrogens with one attached hydrogen (secondary N) is 2. The second kappa shape index (κ2) is 7.47. The highest BCUT2D eigenvalue weighted by Crippen LogP contribution is 2.36. The molecule has 1 fully saturated rings. The molecule has 0 saturated carbocycles. The van der Waals surface area contributed by atoms with Crippen LogP contribution in [0.25, 0.3) is 10.9 Å².